The van der Waals surface area contributed by atoms with Crippen molar-refractivity contribution in [3.63, 3.8) is 0 Å². The summed E-state index contributed by atoms with van der Waals surface area (Å²) in [6.07, 6.45) is 4.99. The molecule has 0 saturated carbocycles. The van der Waals surface area contributed by atoms with Crippen molar-refractivity contribution in [1.29, 1.82) is 0 Å². The van der Waals surface area contributed by atoms with E-state index < -0.39 is 0 Å². The van der Waals surface area contributed by atoms with Crippen LogP contribution in [0.2, 0.25) is 0 Å². The summed E-state index contributed by atoms with van der Waals surface area (Å²) in [5.74, 6) is 0.678. The number of hydrogen-bond acceptors (Lipinski definition) is 2. The lowest BCUT2D eigenvalue weighted by Gasteiger charge is -2.37. The van der Waals surface area contributed by atoms with Crippen LogP contribution in [0, 0.1) is 5.92 Å². The molecule has 2 nitrogen and oxygen atoms in total. The van der Waals surface area contributed by atoms with E-state index in [1.807, 2.05) is 0 Å². The van der Waals surface area contributed by atoms with Gasteiger partial charge in [-0.3, -0.25) is 0 Å². The molecule has 0 aromatic rings. The van der Waals surface area contributed by atoms with Gasteiger partial charge in [-0.15, -0.1) is 0 Å². The second-order valence-electron chi connectivity index (χ2n) is 4.33. The molecule has 1 rings (SSSR count). The molecular weight excluding hydrogens is 160 g/mol. The van der Waals surface area contributed by atoms with E-state index in [1.54, 1.807) is 0 Å². The maximum atomic E-state index is 2.44. The van der Waals surface area contributed by atoms with Crippen LogP contribution in [0.15, 0.2) is 12.4 Å². The normalized spacial score (nSPS) is 22.5. The van der Waals surface area contributed by atoms with E-state index in [-0.39, 0.29) is 0 Å². The Labute approximate surface area is 82.2 Å². The molecule has 1 unspecified atom stereocenters. The molecule has 1 heterocycles. The molecule has 0 bridgehead atoms. The average Bonchev–Trinajstić information content (AvgIpc) is 2.46. The Hall–Kier alpha value is -0.660. The van der Waals surface area contributed by atoms with Gasteiger partial charge in [-0.25, -0.2) is 0 Å². The molecule has 0 radical (unpaired) electrons. The first-order valence-electron chi connectivity index (χ1n) is 5.29. The van der Waals surface area contributed by atoms with Gasteiger partial charge in [-0.1, -0.05) is 13.8 Å². The molecular formula is C11H22N2. The molecule has 2 heteroatoms. The van der Waals surface area contributed by atoms with Crippen LogP contribution in [0.5, 0.6) is 0 Å². The van der Waals surface area contributed by atoms with Crippen molar-refractivity contribution in [1.82, 2.24) is 9.80 Å². The van der Waals surface area contributed by atoms with Crippen molar-refractivity contribution in [3.05, 3.63) is 12.4 Å². The fraction of sp³-hybridized carbons (Fsp3) is 0.818. The number of rotatable bonds is 3. The van der Waals surface area contributed by atoms with Crippen molar-refractivity contribution < 1.29 is 0 Å². The Kier molecular flexibility index (Phi) is 3.23. The first kappa shape index (κ1) is 10.4. The summed E-state index contributed by atoms with van der Waals surface area (Å²) in [5, 5.41) is 0. The average molecular weight is 182 g/mol. The monoisotopic (exact) mass is 182 g/mol. The standard InChI is InChI=1S/C11H22N2/c1-6-12-7-8-13(10(4)5)11(12)9(2)3/h7-11H,6H2,1-5H3. The fourth-order valence-electron chi connectivity index (χ4n) is 2.01. The van der Waals surface area contributed by atoms with Gasteiger partial charge in [0.1, 0.15) is 6.17 Å². The minimum Gasteiger partial charge on any atom is -0.356 e. The van der Waals surface area contributed by atoms with Gasteiger partial charge in [0.25, 0.3) is 0 Å². The first-order valence-corrected chi connectivity index (χ1v) is 5.29. The SMILES string of the molecule is CCN1C=CN(C(C)C)C1C(C)C. The Bertz CT molecular complexity index is 185. The quantitative estimate of drug-likeness (QED) is 0.661. The van der Waals surface area contributed by atoms with Crippen LogP contribution < -0.4 is 0 Å². The predicted octanol–water partition coefficient (Wildman–Crippen LogP) is 2.49. The van der Waals surface area contributed by atoms with E-state index in [9.17, 15) is 0 Å². The van der Waals surface area contributed by atoms with Crippen molar-refractivity contribution in [2.75, 3.05) is 6.54 Å². The second kappa shape index (κ2) is 4.03. The van der Waals surface area contributed by atoms with Crippen molar-refractivity contribution >= 4 is 0 Å². The van der Waals surface area contributed by atoms with Crippen LogP contribution in [0.4, 0.5) is 0 Å². The van der Waals surface area contributed by atoms with Crippen LogP contribution in [0.3, 0.4) is 0 Å². The molecule has 0 fully saturated rings. The van der Waals surface area contributed by atoms with Crippen LogP contribution >= 0.6 is 0 Å². The molecule has 0 amide bonds. The summed E-state index contributed by atoms with van der Waals surface area (Å²) in [5.41, 5.74) is 0. The minimum absolute atomic E-state index is 0.560. The smallest absolute Gasteiger partial charge is 0.103 e. The van der Waals surface area contributed by atoms with Crippen LogP contribution in [-0.2, 0) is 0 Å². The summed E-state index contributed by atoms with van der Waals surface area (Å²) < 4.78 is 0. The first-order chi connectivity index (χ1) is 6.07. The van der Waals surface area contributed by atoms with E-state index in [0.29, 0.717) is 18.1 Å². The Morgan fingerprint density at radius 2 is 1.77 bits per heavy atom. The van der Waals surface area contributed by atoms with Gasteiger partial charge in [0.2, 0.25) is 0 Å². The topological polar surface area (TPSA) is 6.48 Å². The van der Waals surface area contributed by atoms with E-state index in [4.69, 9.17) is 0 Å². The molecule has 13 heavy (non-hydrogen) atoms. The van der Waals surface area contributed by atoms with Crippen LogP contribution in [-0.4, -0.2) is 28.6 Å². The molecule has 0 aromatic carbocycles. The third-order valence-corrected chi connectivity index (χ3v) is 2.63. The molecule has 0 N–H and O–H groups in total. The number of hydrogen-bond donors (Lipinski definition) is 0. The lowest BCUT2D eigenvalue weighted by molar-refractivity contribution is 0.0892. The van der Waals surface area contributed by atoms with Crippen LogP contribution in [0.1, 0.15) is 34.6 Å². The third kappa shape index (κ3) is 1.98. The van der Waals surface area contributed by atoms with Crippen molar-refractivity contribution in [2.24, 2.45) is 5.92 Å². The van der Waals surface area contributed by atoms with E-state index >= 15 is 0 Å². The molecule has 0 saturated heterocycles. The molecule has 0 aliphatic carbocycles. The Morgan fingerprint density at radius 3 is 2.15 bits per heavy atom. The second-order valence-corrected chi connectivity index (χ2v) is 4.33. The summed E-state index contributed by atoms with van der Waals surface area (Å²) in [6.45, 7) is 12.4. The highest BCUT2D eigenvalue weighted by atomic mass is 15.4. The molecule has 1 aliphatic heterocycles. The predicted molar refractivity (Wildman–Crippen MR) is 57.1 cm³/mol. The Balaban J connectivity index is 2.72. The zero-order valence-electron chi connectivity index (χ0n) is 9.49. The van der Waals surface area contributed by atoms with E-state index in [0.717, 1.165) is 6.54 Å². The van der Waals surface area contributed by atoms with Gasteiger partial charge < -0.3 is 9.80 Å². The highest BCUT2D eigenvalue weighted by Gasteiger charge is 2.29. The molecule has 76 valence electrons. The zero-order chi connectivity index (χ0) is 10.0. The minimum atomic E-state index is 0.560. The summed E-state index contributed by atoms with van der Waals surface area (Å²) in [6, 6.07) is 0.597. The Morgan fingerprint density at radius 1 is 1.15 bits per heavy atom. The van der Waals surface area contributed by atoms with Crippen molar-refractivity contribution in [3.8, 4) is 0 Å². The summed E-state index contributed by atoms with van der Waals surface area (Å²) in [7, 11) is 0. The highest BCUT2D eigenvalue weighted by Crippen LogP contribution is 2.24. The van der Waals surface area contributed by atoms with Gasteiger partial charge in [-0.05, 0) is 26.7 Å². The lowest BCUT2D eigenvalue weighted by atomic mass is 10.1. The van der Waals surface area contributed by atoms with E-state index in [2.05, 4.69) is 56.8 Å². The molecule has 0 aromatic heterocycles. The van der Waals surface area contributed by atoms with Gasteiger partial charge in [0.15, 0.2) is 0 Å². The summed E-state index contributed by atoms with van der Waals surface area (Å²) in [4.78, 5) is 4.85. The number of nitrogens with zero attached hydrogens (tertiary/aromatic N) is 2. The van der Waals surface area contributed by atoms with E-state index in [1.165, 1.54) is 0 Å². The van der Waals surface area contributed by atoms with Gasteiger partial charge in [-0.2, -0.15) is 0 Å². The molecule has 0 spiro atoms. The molecule has 1 aliphatic rings. The maximum Gasteiger partial charge on any atom is 0.103 e. The maximum absolute atomic E-state index is 2.44. The van der Waals surface area contributed by atoms with Gasteiger partial charge in [0, 0.05) is 25.0 Å². The fourth-order valence-corrected chi connectivity index (χ4v) is 2.01. The van der Waals surface area contributed by atoms with Crippen LogP contribution in [0.25, 0.3) is 0 Å². The van der Waals surface area contributed by atoms with Gasteiger partial charge in [0.05, 0.1) is 0 Å². The summed E-state index contributed by atoms with van der Waals surface area (Å²) >= 11 is 0. The third-order valence-electron chi connectivity index (χ3n) is 2.63. The van der Waals surface area contributed by atoms with Gasteiger partial charge >= 0.3 is 0 Å². The molecule has 1 atom stereocenters. The zero-order valence-corrected chi connectivity index (χ0v) is 9.49. The van der Waals surface area contributed by atoms with Crippen molar-refractivity contribution in [2.45, 2.75) is 46.8 Å². The lowest BCUT2D eigenvalue weighted by Crippen LogP contribution is -2.45. The highest BCUT2D eigenvalue weighted by molar-refractivity contribution is 4.98. The largest absolute Gasteiger partial charge is 0.356 e.